The normalized spacial score (nSPS) is 19.3. The fourth-order valence-electron chi connectivity index (χ4n) is 3.81. The van der Waals surface area contributed by atoms with Gasteiger partial charge in [0.25, 0.3) is 0 Å². The van der Waals surface area contributed by atoms with Crippen molar-refractivity contribution in [2.45, 2.75) is 63.5 Å². The highest BCUT2D eigenvalue weighted by molar-refractivity contribution is 5.88. The fraction of sp³-hybridized carbons (Fsp3) is 0.591. The van der Waals surface area contributed by atoms with Gasteiger partial charge in [-0.15, -0.1) is 0 Å². The third-order valence-corrected chi connectivity index (χ3v) is 5.77. The molecule has 0 bridgehead atoms. The van der Waals surface area contributed by atoms with Gasteiger partial charge in [0.1, 0.15) is 17.4 Å². The van der Waals surface area contributed by atoms with Gasteiger partial charge in [0.2, 0.25) is 5.91 Å². The summed E-state index contributed by atoms with van der Waals surface area (Å²) in [6, 6.07) is 7.81. The van der Waals surface area contributed by atoms with E-state index in [0.717, 1.165) is 18.4 Å². The number of carbonyl (C=O) groups is 2. The summed E-state index contributed by atoms with van der Waals surface area (Å²) in [5.74, 6) is 0.00368. The number of benzene rings is 1. The number of hydrogen-bond donors (Lipinski definition) is 2. The van der Waals surface area contributed by atoms with Crippen LogP contribution in [0.1, 0.15) is 57.4 Å². The highest BCUT2D eigenvalue weighted by Gasteiger charge is 2.45. The summed E-state index contributed by atoms with van der Waals surface area (Å²) in [5, 5.41) is 14.9. The van der Waals surface area contributed by atoms with Crippen LogP contribution in [0.4, 0.5) is 9.18 Å². The van der Waals surface area contributed by atoms with Gasteiger partial charge in [-0.2, -0.15) is 5.26 Å². The lowest BCUT2D eigenvalue weighted by Gasteiger charge is -2.33. The van der Waals surface area contributed by atoms with Crippen LogP contribution in [0.3, 0.4) is 0 Å². The molecule has 3 amide bonds. The van der Waals surface area contributed by atoms with Crippen molar-refractivity contribution in [2.24, 2.45) is 5.92 Å². The lowest BCUT2D eigenvalue weighted by atomic mass is 9.89. The van der Waals surface area contributed by atoms with E-state index in [9.17, 15) is 19.2 Å². The highest BCUT2D eigenvalue weighted by Crippen LogP contribution is 2.34. The van der Waals surface area contributed by atoms with Crippen molar-refractivity contribution in [3.8, 4) is 6.07 Å². The second-order valence-electron chi connectivity index (χ2n) is 8.63. The van der Waals surface area contributed by atoms with Crippen LogP contribution < -0.4 is 10.6 Å². The number of urea groups is 1. The molecule has 1 aromatic rings. The Labute approximate surface area is 171 Å². The minimum atomic E-state index is -0.745. The molecule has 1 aliphatic carbocycles. The number of likely N-dealkylation sites (tertiary alicyclic amines) is 1. The van der Waals surface area contributed by atoms with Gasteiger partial charge in [0.05, 0.1) is 6.07 Å². The number of carbonyl (C=O) groups excluding carboxylic acids is 2. The maximum absolute atomic E-state index is 13.1. The number of rotatable bonds is 6. The zero-order chi connectivity index (χ0) is 21.0. The van der Waals surface area contributed by atoms with E-state index in [1.165, 1.54) is 12.1 Å². The molecule has 1 saturated carbocycles. The summed E-state index contributed by atoms with van der Waals surface area (Å²) in [6.07, 6.45) is 3.45. The molecule has 1 aromatic carbocycles. The van der Waals surface area contributed by atoms with E-state index < -0.39 is 11.6 Å². The van der Waals surface area contributed by atoms with Crippen molar-refractivity contribution in [1.82, 2.24) is 15.5 Å². The van der Waals surface area contributed by atoms with Crippen LogP contribution in [0.2, 0.25) is 0 Å². The summed E-state index contributed by atoms with van der Waals surface area (Å²) in [5.41, 5.74) is 0.347. The summed E-state index contributed by atoms with van der Waals surface area (Å²) >= 11 is 0. The molecule has 1 aliphatic heterocycles. The lowest BCUT2D eigenvalue weighted by Crippen LogP contribution is -2.54. The average Bonchev–Trinajstić information content (AvgIpc) is 3.47. The third kappa shape index (κ3) is 5.47. The Kier molecular flexibility index (Phi) is 6.41. The molecule has 2 fully saturated rings. The van der Waals surface area contributed by atoms with E-state index in [1.807, 2.05) is 26.0 Å². The Balaban J connectivity index is 1.55. The van der Waals surface area contributed by atoms with Crippen LogP contribution in [-0.2, 0) is 4.79 Å². The summed E-state index contributed by atoms with van der Waals surface area (Å²) in [7, 11) is 0. The van der Waals surface area contributed by atoms with Crippen LogP contribution in [0.15, 0.2) is 24.3 Å². The number of hydrogen-bond acceptors (Lipinski definition) is 3. The second-order valence-corrected chi connectivity index (χ2v) is 8.63. The van der Waals surface area contributed by atoms with E-state index >= 15 is 0 Å². The van der Waals surface area contributed by atoms with E-state index in [2.05, 4.69) is 16.7 Å². The fourth-order valence-corrected chi connectivity index (χ4v) is 3.81. The third-order valence-electron chi connectivity index (χ3n) is 5.77. The van der Waals surface area contributed by atoms with Crippen molar-refractivity contribution >= 4 is 11.9 Å². The van der Waals surface area contributed by atoms with Gasteiger partial charge in [0, 0.05) is 13.1 Å². The molecule has 1 saturated heterocycles. The van der Waals surface area contributed by atoms with Crippen molar-refractivity contribution in [3.05, 3.63) is 35.6 Å². The van der Waals surface area contributed by atoms with Crippen molar-refractivity contribution in [2.75, 3.05) is 13.1 Å². The first-order valence-corrected chi connectivity index (χ1v) is 10.4. The summed E-state index contributed by atoms with van der Waals surface area (Å²) in [6.45, 7) is 5.17. The molecule has 156 valence electrons. The van der Waals surface area contributed by atoms with Gasteiger partial charge >= 0.3 is 6.03 Å². The van der Waals surface area contributed by atoms with E-state index in [-0.39, 0.29) is 23.7 Å². The van der Waals surface area contributed by atoms with E-state index in [1.54, 1.807) is 4.90 Å². The van der Waals surface area contributed by atoms with Crippen molar-refractivity contribution < 1.29 is 14.0 Å². The minimum absolute atomic E-state index is 0.229. The molecular weight excluding hydrogens is 371 g/mol. The topological polar surface area (TPSA) is 85.2 Å². The Morgan fingerprint density at radius 2 is 1.86 bits per heavy atom. The predicted octanol–water partition coefficient (Wildman–Crippen LogP) is 3.30. The summed E-state index contributed by atoms with van der Waals surface area (Å²) < 4.78 is 13.1. The monoisotopic (exact) mass is 400 g/mol. The van der Waals surface area contributed by atoms with Gasteiger partial charge < -0.3 is 15.5 Å². The number of nitriles is 1. The van der Waals surface area contributed by atoms with Gasteiger partial charge in [-0.05, 0) is 61.6 Å². The van der Waals surface area contributed by atoms with Crippen LogP contribution in [0.5, 0.6) is 0 Å². The Morgan fingerprint density at radius 3 is 2.38 bits per heavy atom. The maximum Gasteiger partial charge on any atom is 0.318 e. The van der Waals surface area contributed by atoms with Gasteiger partial charge in [0.15, 0.2) is 0 Å². The molecule has 1 heterocycles. The van der Waals surface area contributed by atoms with Gasteiger partial charge in [-0.3, -0.25) is 4.79 Å². The highest BCUT2D eigenvalue weighted by atomic mass is 19.1. The average molecular weight is 400 g/mol. The number of halogens is 1. The van der Waals surface area contributed by atoms with Crippen molar-refractivity contribution in [1.29, 1.82) is 5.26 Å². The standard InChI is InChI=1S/C22H29FN4O2/c1-15(2)13-19(20(28)26-22(14-24)9-10-22)25-21(29)27-11-7-17(8-12-27)16-3-5-18(23)6-4-16/h3-6,15,17,19H,7-13H2,1-2H3,(H,25,29)(H,26,28). The molecule has 0 aromatic heterocycles. The number of amides is 3. The molecule has 2 aliphatic rings. The molecule has 1 unspecified atom stereocenters. The van der Waals surface area contributed by atoms with Crippen LogP contribution in [0, 0.1) is 23.1 Å². The molecule has 0 spiro atoms. The largest absolute Gasteiger partial charge is 0.336 e. The molecule has 7 heteroatoms. The number of nitrogens with one attached hydrogen (secondary N) is 2. The SMILES string of the molecule is CC(C)CC(NC(=O)N1CCC(c2ccc(F)cc2)CC1)C(=O)NC1(C#N)CC1. The second kappa shape index (κ2) is 8.81. The molecule has 2 N–H and O–H groups in total. The Bertz CT molecular complexity index is 775. The molecule has 1 atom stereocenters. The van der Waals surface area contributed by atoms with E-state index in [0.29, 0.717) is 38.3 Å². The number of nitrogens with zero attached hydrogens (tertiary/aromatic N) is 2. The summed E-state index contributed by atoms with van der Waals surface area (Å²) in [4.78, 5) is 27.1. The minimum Gasteiger partial charge on any atom is -0.336 e. The molecule has 29 heavy (non-hydrogen) atoms. The van der Waals surface area contributed by atoms with Gasteiger partial charge in [-0.1, -0.05) is 26.0 Å². The van der Waals surface area contributed by atoms with Gasteiger partial charge in [-0.25, -0.2) is 9.18 Å². The first-order chi connectivity index (χ1) is 13.8. The Morgan fingerprint density at radius 1 is 1.24 bits per heavy atom. The first kappa shape index (κ1) is 21.1. The Hall–Kier alpha value is -2.62. The first-order valence-electron chi connectivity index (χ1n) is 10.4. The molecular formula is C22H29FN4O2. The number of piperidine rings is 1. The molecule has 6 nitrogen and oxygen atoms in total. The zero-order valence-corrected chi connectivity index (χ0v) is 17.1. The predicted molar refractivity (Wildman–Crippen MR) is 107 cm³/mol. The lowest BCUT2D eigenvalue weighted by molar-refractivity contribution is -0.124. The van der Waals surface area contributed by atoms with E-state index in [4.69, 9.17) is 0 Å². The smallest absolute Gasteiger partial charge is 0.318 e. The van der Waals surface area contributed by atoms with Crippen molar-refractivity contribution in [3.63, 3.8) is 0 Å². The van der Waals surface area contributed by atoms with Crippen LogP contribution >= 0.6 is 0 Å². The van der Waals surface area contributed by atoms with Crippen LogP contribution in [0.25, 0.3) is 0 Å². The molecule has 0 radical (unpaired) electrons. The zero-order valence-electron chi connectivity index (χ0n) is 17.1. The van der Waals surface area contributed by atoms with Crippen LogP contribution in [-0.4, -0.2) is 41.5 Å². The maximum atomic E-state index is 13.1. The molecule has 3 rings (SSSR count). The quantitative estimate of drug-likeness (QED) is 0.768.